The van der Waals surface area contributed by atoms with Crippen LogP contribution < -0.4 is 9.26 Å². The lowest BCUT2D eigenvalue weighted by Gasteiger charge is -2.19. The third-order valence-electron chi connectivity index (χ3n) is 2.18. The average molecular weight is 351 g/mol. The van der Waals surface area contributed by atoms with E-state index in [0.29, 0.717) is 28.9 Å². The number of benzene rings is 1. The normalized spacial score (nSPS) is 13.5. The van der Waals surface area contributed by atoms with Gasteiger partial charge in [-0.3, -0.25) is 4.52 Å². The molecule has 0 aliphatic heterocycles. The summed E-state index contributed by atoms with van der Waals surface area (Å²) in [4.78, 5) is 0. The molecule has 0 saturated carbocycles. The quantitative estimate of drug-likeness (QED) is 0.522. The van der Waals surface area contributed by atoms with E-state index in [1.807, 2.05) is 6.92 Å². The molecule has 1 unspecified atom stereocenters. The Morgan fingerprint density at radius 3 is 2.57 bits per heavy atom. The predicted octanol–water partition coefficient (Wildman–Crippen LogP) is 5.48. The van der Waals surface area contributed by atoms with E-state index in [0.717, 1.165) is 6.42 Å². The fraction of sp³-hybridized carbons (Fsp3) is 0.429. The van der Waals surface area contributed by atoms with Crippen LogP contribution in [0.3, 0.4) is 0 Å². The molecule has 0 aromatic heterocycles. The highest BCUT2D eigenvalue weighted by Gasteiger charge is 2.27. The molecule has 1 aromatic carbocycles. The highest BCUT2D eigenvalue weighted by Crippen LogP contribution is 2.61. The van der Waals surface area contributed by atoms with Crippen molar-refractivity contribution >= 4 is 29.8 Å². The molecule has 1 atom stereocenters. The van der Waals surface area contributed by atoms with E-state index < -0.39 is 6.80 Å². The maximum Gasteiger partial charge on any atom is 0.440 e. The summed E-state index contributed by atoms with van der Waals surface area (Å²) < 4.78 is 29.1. The van der Waals surface area contributed by atoms with E-state index in [2.05, 4.69) is 6.58 Å². The second-order valence-electron chi connectivity index (χ2n) is 4.04. The van der Waals surface area contributed by atoms with Gasteiger partial charge in [0.2, 0.25) is 0 Å². The molecule has 1 aromatic rings. The molecule has 7 heteroatoms. The first-order valence-electron chi connectivity index (χ1n) is 6.64. The molecular weight excluding hydrogens is 331 g/mol. The van der Waals surface area contributed by atoms with Crippen molar-refractivity contribution < 1.29 is 18.3 Å². The molecule has 4 nitrogen and oxygen atoms in total. The molecule has 118 valence electrons. The largest absolute Gasteiger partial charge is 0.484 e. The zero-order chi connectivity index (χ0) is 15.7. The van der Waals surface area contributed by atoms with Gasteiger partial charge in [0.25, 0.3) is 0 Å². The number of halogens is 1. The minimum Gasteiger partial charge on any atom is -0.484 e. The number of ether oxygens (including phenoxy) is 1. The van der Waals surface area contributed by atoms with Crippen LogP contribution in [0.25, 0.3) is 0 Å². The van der Waals surface area contributed by atoms with Crippen molar-refractivity contribution in [3.05, 3.63) is 35.9 Å². The van der Waals surface area contributed by atoms with Crippen LogP contribution in [-0.2, 0) is 9.09 Å². The predicted molar refractivity (Wildman–Crippen MR) is 89.5 cm³/mol. The van der Waals surface area contributed by atoms with Gasteiger partial charge in [-0.15, -0.1) is 0 Å². The molecule has 0 aliphatic rings. The smallest absolute Gasteiger partial charge is 0.440 e. The molecule has 0 aliphatic carbocycles. The van der Waals surface area contributed by atoms with Crippen LogP contribution in [-0.4, -0.2) is 19.0 Å². The van der Waals surface area contributed by atoms with Crippen LogP contribution in [0.4, 0.5) is 0 Å². The lowest BCUT2D eigenvalue weighted by Crippen LogP contribution is -2.01. The second kappa shape index (κ2) is 9.42. The van der Waals surface area contributed by atoms with E-state index in [1.165, 1.54) is 11.4 Å². The van der Waals surface area contributed by atoms with Crippen LogP contribution in [0.1, 0.15) is 20.3 Å². The minimum atomic E-state index is -3.25. The van der Waals surface area contributed by atoms with E-state index in [1.54, 1.807) is 31.2 Å². The van der Waals surface area contributed by atoms with Crippen LogP contribution in [0.5, 0.6) is 11.5 Å². The molecule has 0 fully saturated rings. The summed E-state index contributed by atoms with van der Waals surface area (Å²) in [5.41, 5.74) is 0. The third kappa shape index (κ3) is 6.79. The van der Waals surface area contributed by atoms with Gasteiger partial charge in [0.05, 0.1) is 6.61 Å². The highest BCUT2D eigenvalue weighted by atomic mass is 35.5. The molecule has 0 spiro atoms. The van der Waals surface area contributed by atoms with Gasteiger partial charge in [0, 0.05) is 10.8 Å². The van der Waals surface area contributed by atoms with Crippen molar-refractivity contribution in [1.82, 2.24) is 0 Å². The summed E-state index contributed by atoms with van der Waals surface area (Å²) in [6, 6.07) is 6.98. The van der Waals surface area contributed by atoms with Gasteiger partial charge in [-0.25, -0.2) is 4.57 Å². The summed E-state index contributed by atoms with van der Waals surface area (Å²) in [5, 5.41) is 0.373. The molecule has 0 saturated heterocycles. The monoisotopic (exact) mass is 350 g/mol. The number of hydrogen-bond donors (Lipinski definition) is 0. The zero-order valence-electron chi connectivity index (χ0n) is 12.2. The van der Waals surface area contributed by atoms with Gasteiger partial charge in [0.15, 0.2) is 11.5 Å². The Labute approximate surface area is 135 Å². The van der Waals surface area contributed by atoms with Gasteiger partial charge < -0.3 is 9.26 Å². The SMILES string of the molecule is C=C(Cl)COc1ccccc1OP(=O)(OCC)SCCC. The van der Waals surface area contributed by atoms with E-state index >= 15 is 0 Å². The van der Waals surface area contributed by atoms with Crippen molar-refractivity contribution in [1.29, 1.82) is 0 Å². The molecule has 0 heterocycles. The lowest BCUT2D eigenvalue weighted by atomic mass is 10.3. The summed E-state index contributed by atoms with van der Waals surface area (Å²) in [7, 11) is 0. The van der Waals surface area contributed by atoms with Crippen molar-refractivity contribution in [3.8, 4) is 11.5 Å². The van der Waals surface area contributed by atoms with Gasteiger partial charge in [-0.05, 0) is 36.9 Å². The number of para-hydroxylation sites is 2. The Hall–Kier alpha value is -0.610. The van der Waals surface area contributed by atoms with Gasteiger partial charge in [-0.2, -0.15) is 0 Å². The maximum atomic E-state index is 12.7. The standard InChI is InChI=1S/C14H20ClO4PS/c1-4-10-21-20(16,18-5-2)19-14-9-7-6-8-13(14)17-11-12(3)15/h6-9H,3-5,10-11H2,1-2H3. The first-order valence-corrected chi connectivity index (χ1v) is 10.2. The van der Waals surface area contributed by atoms with Gasteiger partial charge in [0.1, 0.15) is 6.61 Å². The first-order chi connectivity index (χ1) is 10.0. The summed E-state index contributed by atoms with van der Waals surface area (Å²) in [6.45, 7) is 4.57. The molecule has 1 rings (SSSR count). The van der Waals surface area contributed by atoms with E-state index in [4.69, 9.17) is 25.4 Å². The first kappa shape index (κ1) is 18.4. The average Bonchev–Trinajstić information content (AvgIpc) is 2.44. The molecule has 21 heavy (non-hydrogen) atoms. The second-order valence-corrected chi connectivity index (χ2v) is 8.69. The zero-order valence-corrected chi connectivity index (χ0v) is 14.7. The molecular formula is C14H20ClO4PS. The summed E-state index contributed by atoms with van der Waals surface area (Å²) >= 11 is 6.88. The van der Waals surface area contributed by atoms with Gasteiger partial charge in [-0.1, -0.05) is 37.2 Å². The van der Waals surface area contributed by atoms with E-state index in [-0.39, 0.29) is 6.61 Å². The van der Waals surface area contributed by atoms with Crippen LogP contribution >= 0.6 is 29.8 Å². The Morgan fingerprint density at radius 2 is 2.00 bits per heavy atom. The number of hydrogen-bond acceptors (Lipinski definition) is 5. The Bertz CT molecular complexity index is 510. The molecule has 0 N–H and O–H groups in total. The Morgan fingerprint density at radius 1 is 1.33 bits per heavy atom. The fourth-order valence-corrected chi connectivity index (χ4v) is 4.88. The summed E-state index contributed by atoms with van der Waals surface area (Å²) in [6.07, 6.45) is 0.884. The maximum absolute atomic E-state index is 12.7. The minimum absolute atomic E-state index is 0.156. The van der Waals surface area contributed by atoms with Crippen LogP contribution in [0.2, 0.25) is 0 Å². The third-order valence-corrected chi connectivity index (χ3v) is 6.23. The van der Waals surface area contributed by atoms with Crippen LogP contribution in [0, 0.1) is 0 Å². The topological polar surface area (TPSA) is 44.8 Å². The summed E-state index contributed by atoms with van der Waals surface area (Å²) in [5.74, 6) is 1.52. The fourth-order valence-electron chi connectivity index (χ4n) is 1.37. The van der Waals surface area contributed by atoms with Crippen LogP contribution in [0.15, 0.2) is 35.9 Å². The van der Waals surface area contributed by atoms with Gasteiger partial charge >= 0.3 is 6.80 Å². The molecule has 0 amide bonds. The molecule has 0 bridgehead atoms. The molecule has 0 radical (unpaired) electrons. The van der Waals surface area contributed by atoms with Crippen molar-refractivity contribution in [2.45, 2.75) is 20.3 Å². The lowest BCUT2D eigenvalue weighted by molar-refractivity contribution is 0.287. The van der Waals surface area contributed by atoms with E-state index in [9.17, 15) is 4.57 Å². The Balaban J connectivity index is 2.87. The highest BCUT2D eigenvalue weighted by molar-refractivity contribution is 8.55. The van der Waals surface area contributed by atoms with Crippen molar-refractivity contribution in [2.75, 3.05) is 19.0 Å². The van der Waals surface area contributed by atoms with Crippen molar-refractivity contribution in [2.24, 2.45) is 0 Å². The number of rotatable bonds is 10. The van der Waals surface area contributed by atoms with Crippen molar-refractivity contribution in [3.63, 3.8) is 0 Å². The Kier molecular flexibility index (Phi) is 8.27.